The fourth-order valence-electron chi connectivity index (χ4n) is 1.49. The van der Waals surface area contributed by atoms with Crippen LogP contribution in [0.1, 0.15) is 27.0 Å². The van der Waals surface area contributed by atoms with E-state index in [0.717, 1.165) is 11.1 Å². The average molecular weight is 235 g/mol. The van der Waals surface area contributed by atoms with Crippen molar-refractivity contribution in [1.82, 2.24) is 0 Å². The molecule has 1 aromatic carbocycles. The Morgan fingerprint density at radius 1 is 1.19 bits per heavy atom. The molecule has 0 aliphatic heterocycles. The van der Waals surface area contributed by atoms with Gasteiger partial charge in [0.15, 0.2) is 5.78 Å². The fraction of sp³-hybridized carbons (Fsp3) is 0.154. The highest BCUT2D eigenvalue weighted by Gasteiger charge is 2.15. The van der Waals surface area contributed by atoms with Gasteiger partial charge in [0.2, 0.25) is 5.22 Å². The van der Waals surface area contributed by atoms with E-state index in [-0.39, 0.29) is 11.0 Å². The van der Waals surface area contributed by atoms with Crippen molar-refractivity contribution in [1.29, 1.82) is 0 Å². The summed E-state index contributed by atoms with van der Waals surface area (Å²) in [6.45, 7) is 3.98. The Kier molecular flexibility index (Phi) is 2.84. The second-order valence-electron chi connectivity index (χ2n) is 3.74. The highest BCUT2D eigenvalue weighted by molar-refractivity contribution is 6.33. The summed E-state index contributed by atoms with van der Waals surface area (Å²) in [5, 5.41) is 0.142. The van der Waals surface area contributed by atoms with Gasteiger partial charge in [-0.3, -0.25) is 4.79 Å². The summed E-state index contributed by atoms with van der Waals surface area (Å²) in [7, 11) is 0. The molecule has 0 atom stereocenters. The Bertz CT molecular complexity index is 541. The maximum Gasteiger partial charge on any atom is 0.204 e. The van der Waals surface area contributed by atoms with Crippen LogP contribution in [0.3, 0.4) is 0 Å². The minimum atomic E-state index is -0.109. The van der Waals surface area contributed by atoms with Crippen molar-refractivity contribution in [2.45, 2.75) is 13.8 Å². The molecule has 0 N–H and O–H groups in total. The molecule has 1 heterocycles. The largest absolute Gasteiger partial charge is 0.452 e. The molecule has 2 nitrogen and oxygen atoms in total. The van der Waals surface area contributed by atoms with Gasteiger partial charge in [-0.25, -0.2) is 0 Å². The molecular weight excluding hydrogens is 224 g/mol. The van der Waals surface area contributed by atoms with E-state index in [2.05, 4.69) is 0 Å². The standard InChI is InChI=1S/C13H11ClO2/c1-8-3-4-10(7-9(8)2)12(15)11-5-6-16-13(11)14/h3-7H,1-2H3. The molecule has 82 valence electrons. The number of ketones is 1. The number of hydrogen-bond donors (Lipinski definition) is 0. The molecule has 0 unspecified atom stereocenters. The van der Waals surface area contributed by atoms with Crippen LogP contribution in [0.2, 0.25) is 5.22 Å². The summed E-state index contributed by atoms with van der Waals surface area (Å²) < 4.78 is 4.91. The minimum Gasteiger partial charge on any atom is -0.452 e. The normalized spacial score (nSPS) is 10.4. The summed E-state index contributed by atoms with van der Waals surface area (Å²) >= 11 is 5.77. The van der Waals surface area contributed by atoms with Crippen LogP contribution in [-0.2, 0) is 0 Å². The third kappa shape index (κ3) is 1.89. The Morgan fingerprint density at radius 3 is 2.50 bits per heavy atom. The Hall–Kier alpha value is -1.54. The van der Waals surface area contributed by atoms with E-state index < -0.39 is 0 Å². The van der Waals surface area contributed by atoms with Crippen molar-refractivity contribution in [2.24, 2.45) is 0 Å². The summed E-state index contributed by atoms with van der Waals surface area (Å²) in [5.41, 5.74) is 3.29. The molecule has 0 saturated carbocycles. The van der Waals surface area contributed by atoms with Crippen molar-refractivity contribution in [3.05, 3.63) is 58.0 Å². The first-order valence-corrected chi connectivity index (χ1v) is 5.32. The first-order chi connectivity index (χ1) is 7.59. The van der Waals surface area contributed by atoms with E-state index in [1.165, 1.54) is 6.26 Å². The van der Waals surface area contributed by atoms with E-state index in [1.807, 2.05) is 26.0 Å². The Balaban J connectivity index is 2.42. The first-order valence-electron chi connectivity index (χ1n) is 4.94. The molecular formula is C13H11ClO2. The predicted octanol–water partition coefficient (Wildman–Crippen LogP) is 3.78. The van der Waals surface area contributed by atoms with E-state index in [0.29, 0.717) is 11.1 Å². The number of carbonyl (C=O) groups excluding carboxylic acids is 1. The van der Waals surface area contributed by atoms with Gasteiger partial charge in [-0.1, -0.05) is 12.1 Å². The van der Waals surface area contributed by atoms with Gasteiger partial charge < -0.3 is 4.42 Å². The van der Waals surface area contributed by atoms with Crippen LogP contribution in [-0.4, -0.2) is 5.78 Å². The van der Waals surface area contributed by atoms with E-state index >= 15 is 0 Å². The third-order valence-electron chi connectivity index (χ3n) is 2.63. The lowest BCUT2D eigenvalue weighted by atomic mass is 10.0. The van der Waals surface area contributed by atoms with Crippen molar-refractivity contribution in [3.63, 3.8) is 0 Å². The smallest absolute Gasteiger partial charge is 0.204 e. The molecule has 2 aromatic rings. The molecule has 16 heavy (non-hydrogen) atoms. The Labute approximate surface area is 98.8 Å². The number of furan rings is 1. The van der Waals surface area contributed by atoms with Crippen LogP contribution in [0.4, 0.5) is 0 Å². The molecule has 0 aliphatic rings. The monoisotopic (exact) mass is 234 g/mol. The number of rotatable bonds is 2. The summed E-state index contributed by atoms with van der Waals surface area (Å²) in [6.07, 6.45) is 1.41. The lowest BCUT2D eigenvalue weighted by molar-refractivity contribution is 0.103. The topological polar surface area (TPSA) is 30.2 Å². The zero-order chi connectivity index (χ0) is 11.7. The van der Waals surface area contributed by atoms with Gasteiger partial charge in [-0.05, 0) is 48.7 Å². The molecule has 0 spiro atoms. The lowest BCUT2D eigenvalue weighted by Gasteiger charge is -2.03. The van der Waals surface area contributed by atoms with E-state index in [9.17, 15) is 4.79 Å². The summed E-state index contributed by atoms with van der Waals surface area (Å²) in [6, 6.07) is 7.17. The highest BCUT2D eigenvalue weighted by atomic mass is 35.5. The summed E-state index contributed by atoms with van der Waals surface area (Å²) in [4.78, 5) is 12.0. The number of hydrogen-bond acceptors (Lipinski definition) is 2. The average Bonchev–Trinajstić information content (AvgIpc) is 2.67. The lowest BCUT2D eigenvalue weighted by Crippen LogP contribution is -2.01. The van der Waals surface area contributed by atoms with Crippen LogP contribution < -0.4 is 0 Å². The fourth-order valence-corrected chi connectivity index (χ4v) is 1.69. The van der Waals surface area contributed by atoms with Gasteiger partial charge in [-0.15, -0.1) is 0 Å². The quantitative estimate of drug-likeness (QED) is 0.741. The van der Waals surface area contributed by atoms with E-state index in [4.69, 9.17) is 16.0 Å². The Morgan fingerprint density at radius 2 is 1.94 bits per heavy atom. The second-order valence-corrected chi connectivity index (χ2v) is 4.08. The van der Waals surface area contributed by atoms with Crippen LogP contribution >= 0.6 is 11.6 Å². The van der Waals surface area contributed by atoms with Gasteiger partial charge in [0, 0.05) is 5.56 Å². The molecule has 0 bridgehead atoms. The van der Waals surface area contributed by atoms with Crippen LogP contribution in [0.15, 0.2) is 34.9 Å². The van der Waals surface area contributed by atoms with E-state index in [1.54, 1.807) is 12.1 Å². The zero-order valence-corrected chi connectivity index (χ0v) is 9.84. The molecule has 2 rings (SSSR count). The van der Waals surface area contributed by atoms with Crippen molar-refractivity contribution < 1.29 is 9.21 Å². The van der Waals surface area contributed by atoms with Gasteiger partial charge >= 0.3 is 0 Å². The van der Waals surface area contributed by atoms with Gasteiger partial charge in [0.05, 0.1) is 11.8 Å². The van der Waals surface area contributed by atoms with Crippen LogP contribution in [0.5, 0.6) is 0 Å². The van der Waals surface area contributed by atoms with Crippen molar-refractivity contribution >= 4 is 17.4 Å². The number of benzene rings is 1. The van der Waals surface area contributed by atoms with Gasteiger partial charge in [0.1, 0.15) is 0 Å². The first kappa shape index (κ1) is 11.0. The van der Waals surface area contributed by atoms with Crippen LogP contribution in [0.25, 0.3) is 0 Å². The molecule has 3 heteroatoms. The molecule has 0 radical (unpaired) electrons. The SMILES string of the molecule is Cc1ccc(C(=O)c2ccoc2Cl)cc1C. The molecule has 0 aliphatic carbocycles. The highest BCUT2D eigenvalue weighted by Crippen LogP contribution is 2.21. The second kappa shape index (κ2) is 4.14. The summed E-state index contributed by atoms with van der Waals surface area (Å²) in [5.74, 6) is -0.109. The molecule has 0 amide bonds. The van der Waals surface area contributed by atoms with Crippen molar-refractivity contribution in [2.75, 3.05) is 0 Å². The number of carbonyl (C=O) groups is 1. The van der Waals surface area contributed by atoms with Crippen molar-refractivity contribution in [3.8, 4) is 0 Å². The maximum atomic E-state index is 12.0. The molecule has 0 fully saturated rings. The third-order valence-corrected chi connectivity index (χ3v) is 2.92. The minimum absolute atomic E-state index is 0.109. The molecule has 1 aromatic heterocycles. The number of halogens is 1. The molecule has 0 saturated heterocycles. The maximum absolute atomic E-state index is 12.0. The predicted molar refractivity (Wildman–Crippen MR) is 63.1 cm³/mol. The number of aryl methyl sites for hydroxylation is 2. The van der Waals surface area contributed by atoms with Gasteiger partial charge in [0.25, 0.3) is 0 Å². The van der Waals surface area contributed by atoms with Crippen LogP contribution in [0, 0.1) is 13.8 Å². The zero-order valence-electron chi connectivity index (χ0n) is 9.08. The van der Waals surface area contributed by atoms with Gasteiger partial charge in [-0.2, -0.15) is 0 Å².